The fourth-order valence-electron chi connectivity index (χ4n) is 1.36. The van der Waals surface area contributed by atoms with Crippen LogP contribution >= 0.6 is 34.8 Å². The first-order valence-electron chi connectivity index (χ1n) is 4.53. The van der Waals surface area contributed by atoms with Gasteiger partial charge in [0.05, 0.1) is 10.7 Å². The average Bonchev–Trinajstić information content (AvgIpc) is 2.20. The van der Waals surface area contributed by atoms with Crippen LogP contribution in [0.2, 0.25) is 15.2 Å². The summed E-state index contributed by atoms with van der Waals surface area (Å²) in [5.41, 5.74) is 1.42. The molecule has 0 fully saturated rings. The smallest absolute Gasteiger partial charge is 0.133 e. The molecule has 0 radical (unpaired) electrons. The SMILES string of the molecule is Cc1nc(Cl)cc(-c2cc(Cl)ccc2Cl)n1. The molecule has 2 nitrogen and oxygen atoms in total. The third kappa shape index (κ3) is 2.46. The molecule has 0 aliphatic heterocycles. The van der Waals surface area contributed by atoms with Crippen LogP contribution in [0.4, 0.5) is 0 Å². The number of benzene rings is 1. The lowest BCUT2D eigenvalue weighted by atomic mass is 10.1. The van der Waals surface area contributed by atoms with Crippen molar-refractivity contribution in [1.29, 1.82) is 0 Å². The Morgan fingerprint density at radius 3 is 2.44 bits per heavy atom. The summed E-state index contributed by atoms with van der Waals surface area (Å²) in [5, 5.41) is 1.57. The molecule has 16 heavy (non-hydrogen) atoms. The maximum atomic E-state index is 6.07. The number of aryl methyl sites for hydroxylation is 1. The molecule has 0 atom stereocenters. The third-order valence-corrected chi connectivity index (χ3v) is 2.77. The van der Waals surface area contributed by atoms with Crippen LogP contribution in [0, 0.1) is 6.92 Å². The van der Waals surface area contributed by atoms with Gasteiger partial charge in [-0.05, 0) is 25.1 Å². The van der Waals surface area contributed by atoms with Crippen LogP contribution in [0.15, 0.2) is 24.3 Å². The first-order valence-corrected chi connectivity index (χ1v) is 5.66. The van der Waals surface area contributed by atoms with Gasteiger partial charge in [-0.1, -0.05) is 34.8 Å². The molecule has 1 aromatic carbocycles. The van der Waals surface area contributed by atoms with E-state index in [1.807, 2.05) is 0 Å². The quantitative estimate of drug-likeness (QED) is 0.719. The molecule has 0 aliphatic carbocycles. The van der Waals surface area contributed by atoms with Crippen LogP contribution in [0.5, 0.6) is 0 Å². The molecule has 0 amide bonds. The average molecular weight is 274 g/mol. The summed E-state index contributed by atoms with van der Waals surface area (Å²) in [4.78, 5) is 8.26. The van der Waals surface area contributed by atoms with E-state index in [4.69, 9.17) is 34.8 Å². The summed E-state index contributed by atoms with van der Waals surface area (Å²) < 4.78 is 0. The molecular formula is C11H7Cl3N2. The van der Waals surface area contributed by atoms with E-state index in [2.05, 4.69) is 9.97 Å². The lowest BCUT2D eigenvalue weighted by Gasteiger charge is -2.05. The van der Waals surface area contributed by atoms with Crippen LogP contribution in [-0.4, -0.2) is 9.97 Å². The van der Waals surface area contributed by atoms with Crippen molar-refractivity contribution in [1.82, 2.24) is 9.97 Å². The van der Waals surface area contributed by atoms with E-state index in [0.29, 0.717) is 26.7 Å². The summed E-state index contributed by atoms with van der Waals surface area (Å²) >= 11 is 17.8. The number of halogens is 3. The molecule has 1 aromatic heterocycles. The van der Waals surface area contributed by atoms with Crippen LogP contribution in [-0.2, 0) is 0 Å². The molecule has 0 unspecified atom stereocenters. The second-order valence-corrected chi connectivity index (χ2v) is 4.48. The van der Waals surface area contributed by atoms with Crippen molar-refractivity contribution in [3.63, 3.8) is 0 Å². The van der Waals surface area contributed by atoms with Gasteiger partial charge in [-0.15, -0.1) is 0 Å². The number of rotatable bonds is 1. The van der Waals surface area contributed by atoms with Crippen LogP contribution in [0.25, 0.3) is 11.3 Å². The molecule has 82 valence electrons. The van der Waals surface area contributed by atoms with Crippen molar-refractivity contribution in [2.45, 2.75) is 6.92 Å². The minimum Gasteiger partial charge on any atom is -0.233 e. The summed E-state index contributed by atoms with van der Waals surface area (Å²) in [6.45, 7) is 1.77. The van der Waals surface area contributed by atoms with Crippen molar-refractivity contribution in [2.75, 3.05) is 0 Å². The van der Waals surface area contributed by atoms with Crippen LogP contribution < -0.4 is 0 Å². The predicted octanol–water partition coefficient (Wildman–Crippen LogP) is 4.41. The van der Waals surface area contributed by atoms with E-state index in [1.54, 1.807) is 31.2 Å². The van der Waals surface area contributed by atoms with E-state index in [9.17, 15) is 0 Å². The first kappa shape index (κ1) is 11.6. The van der Waals surface area contributed by atoms with Gasteiger partial charge in [-0.2, -0.15) is 0 Å². The van der Waals surface area contributed by atoms with Gasteiger partial charge in [-0.25, -0.2) is 9.97 Å². The minimum atomic E-state index is 0.388. The lowest BCUT2D eigenvalue weighted by Crippen LogP contribution is -1.92. The van der Waals surface area contributed by atoms with E-state index in [1.165, 1.54) is 0 Å². The number of hydrogen-bond acceptors (Lipinski definition) is 2. The van der Waals surface area contributed by atoms with Crippen LogP contribution in [0.3, 0.4) is 0 Å². The molecule has 0 aliphatic rings. The standard InChI is InChI=1S/C11H7Cl3N2/c1-6-15-10(5-11(14)16-6)8-4-7(12)2-3-9(8)13/h2-5H,1H3. The largest absolute Gasteiger partial charge is 0.233 e. The molecule has 0 saturated heterocycles. The maximum Gasteiger partial charge on any atom is 0.133 e. The lowest BCUT2D eigenvalue weighted by molar-refractivity contribution is 1.06. The van der Waals surface area contributed by atoms with Crippen molar-refractivity contribution in [3.8, 4) is 11.3 Å². The Morgan fingerprint density at radius 1 is 1.00 bits per heavy atom. The summed E-state index contributed by atoms with van der Waals surface area (Å²) in [6.07, 6.45) is 0. The van der Waals surface area contributed by atoms with Gasteiger partial charge in [0.1, 0.15) is 11.0 Å². The number of aromatic nitrogens is 2. The van der Waals surface area contributed by atoms with Gasteiger partial charge in [0.15, 0.2) is 0 Å². The summed E-state index contributed by atoms with van der Waals surface area (Å²) in [5.74, 6) is 0.596. The van der Waals surface area contributed by atoms with E-state index in [-0.39, 0.29) is 0 Å². The molecule has 0 bridgehead atoms. The number of nitrogens with zero attached hydrogens (tertiary/aromatic N) is 2. The topological polar surface area (TPSA) is 25.8 Å². The van der Waals surface area contributed by atoms with E-state index >= 15 is 0 Å². The zero-order valence-electron chi connectivity index (χ0n) is 8.34. The zero-order chi connectivity index (χ0) is 11.7. The number of hydrogen-bond donors (Lipinski definition) is 0. The summed E-state index contributed by atoms with van der Waals surface area (Å²) in [6, 6.07) is 6.86. The Hall–Kier alpha value is -0.830. The predicted molar refractivity (Wildman–Crippen MR) is 67.2 cm³/mol. The molecule has 1 heterocycles. The highest BCUT2D eigenvalue weighted by molar-refractivity contribution is 6.35. The molecule has 0 saturated carbocycles. The van der Waals surface area contributed by atoms with Crippen molar-refractivity contribution in [2.24, 2.45) is 0 Å². The highest BCUT2D eigenvalue weighted by Crippen LogP contribution is 2.30. The van der Waals surface area contributed by atoms with E-state index in [0.717, 1.165) is 5.56 Å². The zero-order valence-corrected chi connectivity index (χ0v) is 10.6. The van der Waals surface area contributed by atoms with Crippen LogP contribution in [0.1, 0.15) is 5.82 Å². The van der Waals surface area contributed by atoms with E-state index < -0.39 is 0 Å². The van der Waals surface area contributed by atoms with Gasteiger partial charge in [0.25, 0.3) is 0 Å². The summed E-state index contributed by atoms with van der Waals surface area (Å²) in [7, 11) is 0. The Balaban J connectivity index is 2.62. The first-order chi connectivity index (χ1) is 7.56. The third-order valence-electron chi connectivity index (χ3n) is 2.01. The molecular weight excluding hydrogens is 266 g/mol. The molecule has 0 N–H and O–H groups in total. The second-order valence-electron chi connectivity index (χ2n) is 3.25. The fourth-order valence-corrected chi connectivity index (χ4v) is 1.98. The van der Waals surface area contributed by atoms with Gasteiger partial charge in [0.2, 0.25) is 0 Å². The second kappa shape index (κ2) is 4.58. The maximum absolute atomic E-state index is 6.07. The monoisotopic (exact) mass is 272 g/mol. The van der Waals surface area contributed by atoms with Crippen molar-refractivity contribution >= 4 is 34.8 Å². The highest BCUT2D eigenvalue weighted by atomic mass is 35.5. The normalized spacial score (nSPS) is 10.5. The highest BCUT2D eigenvalue weighted by Gasteiger charge is 2.08. The van der Waals surface area contributed by atoms with Gasteiger partial charge in [-0.3, -0.25) is 0 Å². The Labute approximate surface area is 108 Å². The fraction of sp³-hybridized carbons (Fsp3) is 0.0909. The molecule has 2 aromatic rings. The molecule has 0 spiro atoms. The van der Waals surface area contributed by atoms with Gasteiger partial charge in [0, 0.05) is 16.7 Å². The van der Waals surface area contributed by atoms with Crippen molar-refractivity contribution in [3.05, 3.63) is 45.3 Å². The molecule has 5 heteroatoms. The molecule has 2 rings (SSSR count). The Morgan fingerprint density at radius 2 is 1.75 bits per heavy atom. The van der Waals surface area contributed by atoms with Gasteiger partial charge < -0.3 is 0 Å². The Bertz CT molecular complexity index is 520. The van der Waals surface area contributed by atoms with Gasteiger partial charge >= 0.3 is 0 Å². The minimum absolute atomic E-state index is 0.388. The Kier molecular flexibility index (Phi) is 3.33. The van der Waals surface area contributed by atoms with Crippen molar-refractivity contribution < 1.29 is 0 Å².